The number of hydrogen-bond acceptors (Lipinski definition) is 4. The lowest BCUT2D eigenvalue weighted by molar-refractivity contribution is -0.780. The Morgan fingerprint density at radius 1 is 1.39 bits per heavy atom. The number of amides is 1. The van der Waals surface area contributed by atoms with Crippen molar-refractivity contribution in [3.05, 3.63) is 29.1 Å². The molecule has 0 bridgehead atoms. The highest BCUT2D eigenvalue weighted by Gasteiger charge is 2.58. The Morgan fingerprint density at radius 2 is 2.00 bits per heavy atom. The van der Waals surface area contributed by atoms with Gasteiger partial charge >= 0.3 is 5.97 Å². The number of benzene rings is 1. The first-order valence-electron chi connectivity index (χ1n) is 7.46. The van der Waals surface area contributed by atoms with Crippen molar-refractivity contribution in [1.29, 1.82) is 0 Å². The highest BCUT2D eigenvalue weighted by molar-refractivity contribution is 7.52. The molecule has 0 aliphatic heterocycles. The third-order valence-electron chi connectivity index (χ3n) is 4.21. The Morgan fingerprint density at radius 3 is 2.48 bits per heavy atom. The summed E-state index contributed by atoms with van der Waals surface area (Å²) in [4.78, 5) is 24.7. The number of hydrogen-bond donors (Lipinski definition) is 1. The summed E-state index contributed by atoms with van der Waals surface area (Å²) in [5.74, 6) is -1.47. The number of nitrogens with one attached hydrogen (secondary N) is 1. The van der Waals surface area contributed by atoms with Gasteiger partial charge in [0, 0.05) is 12.8 Å². The molecule has 0 spiro atoms. The molecule has 0 atom stereocenters. The minimum atomic E-state index is -0.678. The Balaban J connectivity index is 2.36. The number of halogens is 1. The van der Waals surface area contributed by atoms with Crippen LogP contribution in [-0.4, -0.2) is 42.0 Å². The van der Waals surface area contributed by atoms with E-state index in [0.717, 1.165) is 6.07 Å². The van der Waals surface area contributed by atoms with Gasteiger partial charge < -0.3 is 26.8 Å². The standard InChI is InChI=1S/C16H21FN2O3S/c1-5-22-14(20)12-9-11(17)8-10(2)13(12)18-15(21)16(6-7-16)19(3,4)23/h8-9H,5-7H2,1-4H3,(H,18,21). The lowest BCUT2D eigenvalue weighted by Gasteiger charge is -2.43. The predicted molar refractivity (Wildman–Crippen MR) is 87.2 cm³/mol. The second kappa shape index (κ2) is 6.13. The molecule has 1 aliphatic carbocycles. The molecule has 2 rings (SSSR count). The highest BCUT2D eigenvalue weighted by Crippen LogP contribution is 2.45. The molecular formula is C16H21FN2O3S. The van der Waals surface area contributed by atoms with Gasteiger partial charge in [-0.2, -0.15) is 0 Å². The number of carbonyl (C=O) groups is 2. The first kappa shape index (κ1) is 17.7. The lowest BCUT2D eigenvalue weighted by Crippen LogP contribution is -2.53. The monoisotopic (exact) mass is 340 g/mol. The molecule has 1 fully saturated rings. The van der Waals surface area contributed by atoms with Crippen molar-refractivity contribution in [3.63, 3.8) is 0 Å². The van der Waals surface area contributed by atoms with Crippen molar-refractivity contribution in [1.82, 2.24) is 0 Å². The van der Waals surface area contributed by atoms with Crippen LogP contribution in [0.5, 0.6) is 0 Å². The van der Waals surface area contributed by atoms with E-state index in [4.69, 9.17) is 17.6 Å². The number of aryl methyl sites for hydroxylation is 1. The molecule has 7 heteroatoms. The van der Waals surface area contributed by atoms with Crippen molar-refractivity contribution in [2.75, 3.05) is 26.0 Å². The Labute approximate surface area is 140 Å². The van der Waals surface area contributed by atoms with Gasteiger partial charge in [-0.15, -0.1) is 0 Å². The fourth-order valence-electron chi connectivity index (χ4n) is 2.64. The largest absolute Gasteiger partial charge is 0.494 e. The van der Waals surface area contributed by atoms with Crippen LogP contribution in [0.15, 0.2) is 12.1 Å². The summed E-state index contributed by atoms with van der Waals surface area (Å²) in [7, 11) is 3.57. The third kappa shape index (κ3) is 3.35. The summed E-state index contributed by atoms with van der Waals surface area (Å²) in [5.41, 5.74) is 0.0851. The van der Waals surface area contributed by atoms with Crippen molar-refractivity contribution < 1.29 is 22.6 Å². The van der Waals surface area contributed by atoms with E-state index < -0.39 is 17.3 Å². The summed E-state index contributed by atoms with van der Waals surface area (Å²) in [5, 5.41) is 2.77. The molecule has 0 saturated heterocycles. The molecule has 126 valence electrons. The molecule has 1 aliphatic rings. The third-order valence-corrected chi connectivity index (χ3v) is 4.56. The molecule has 1 amide bonds. The van der Waals surface area contributed by atoms with Gasteiger partial charge in [-0.1, -0.05) is 0 Å². The van der Waals surface area contributed by atoms with Gasteiger partial charge in [0.2, 0.25) is 0 Å². The molecule has 1 N–H and O–H groups in total. The molecule has 0 unspecified atom stereocenters. The van der Waals surface area contributed by atoms with E-state index in [1.165, 1.54) is 6.07 Å². The van der Waals surface area contributed by atoms with E-state index in [2.05, 4.69) is 5.32 Å². The smallest absolute Gasteiger partial charge is 0.340 e. The van der Waals surface area contributed by atoms with Crippen LogP contribution in [0.2, 0.25) is 0 Å². The van der Waals surface area contributed by atoms with Crippen LogP contribution in [-0.2, 0) is 22.3 Å². The number of quaternary nitrogens is 1. The molecule has 0 heterocycles. The maximum atomic E-state index is 13.6. The van der Waals surface area contributed by atoms with E-state index >= 15 is 0 Å². The van der Waals surface area contributed by atoms with Gasteiger partial charge in [-0.25, -0.2) is 9.18 Å². The summed E-state index contributed by atoms with van der Waals surface area (Å²) < 4.78 is 18.7. The summed E-state index contributed by atoms with van der Waals surface area (Å²) in [6.45, 7) is 3.47. The highest BCUT2D eigenvalue weighted by atomic mass is 32.1. The fraction of sp³-hybridized carbons (Fsp3) is 0.500. The number of ether oxygens (including phenoxy) is 1. The minimum Gasteiger partial charge on any atom is -0.494 e. The van der Waals surface area contributed by atoms with Crippen LogP contribution >= 0.6 is 0 Å². The average Bonchev–Trinajstić information content (AvgIpc) is 3.22. The number of esters is 1. The van der Waals surface area contributed by atoms with Crippen molar-refractivity contribution in [3.8, 4) is 0 Å². The van der Waals surface area contributed by atoms with Gasteiger partial charge in [0.1, 0.15) is 5.82 Å². The molecule has 0 radical (unpaired) electrons. The van der Waals surface area contributed by atoms with Gasteiger partial charge in [-0.05, 0) is 31.5 Å². The number of nitrogens with zero attached hydrogens (tertiary/aromatic N) is 1. The van der Waals surface area contributed by atoms with Crippen LogP contribution in [0, 0.1) is 12.7 Å². The number of rotatable bonds is 5. The average molecular weight is 340 g/mol. The number of likely N-dealkylation sites (N-methyl/N-ethyl adjacent to an activating group) is 1. The molecular weight excluding hydrogens is 319 g/mol. The number of anilines is 1. The number of carbonyl (C=O) groups excluding carboxylic acids is 2. The first-order valence-corrected chi connectivity index (χ1v) is 7.82. The zero-order valence-electron chi connectivity index (χ0n) is 13.7. The molecule has 1 saturated carbocycles. The van der Waals surface area contributed by atoms with Gasteiger partial charge in [0.25, 0.3) is 5.91 Å². The molecule has 5 nitrogen and oxygen atoms in total. The SMILES string of the molecule is CCOC(=O)c1cc(F)cc(C)c1NC(=O)C1([N+](C)(C)[S-])CC1. The van der Waals surface area contributed by atoms with E-state index in [9.17, 15) is 14.0 Å². The molecule has 23 heavy (non-hydrogen) atoms. The second-order valence-corrected chi connectivity index (χ2v) is 7.12. The van der Waals surface area contributed by atoms with Gasteiger partial charge in [-0.3, -0.25) is 4.79 Å². The summed E-state index contributed by atoms with van der Waals surface area (Å²) in [6, 6.07) is 2.35. The molecule has 0 aromatic heterocycles. The first-order chi connectivity index (χ1) is 10.6. The van der Waals surface area contributed by atoms with Crippen LogP contribution in [0.4, 0.5) is 10.1 Å². The summed E-state index contributed by atoms with van der Waals surface area (Å²) >= 11 is 5.38. The van der Waals surface area contributed by atoms with Crippen molar-refractivity contribution in [2.45, 2.75) is 32.2 Å². The van der Waals surface area contributed by atoms with Gasteiger partial charge in [0.15, 0.2) is 5.54 Å². The Hall–Kier alpha value is -1.60. The van der Waals surface area contributed by atoms with Crippen molar-refractivity contribution >= 4 is 30.4 Å². The second-order valence-electron chi connectivity index (χ2n) is 6.20. The minimum absolute atomic E-state index is 0.0168. The zero-order chi connectivity index (χ0) is 17.4. The maximum Gasteiger partial charge on any atom is 0.340 e. The molecule has 1 aromatic rings. The van der Waals surface area contributed by atoms with Crippen LogP contribution in [0.25, 0.3) is 0 Å². The van der Waals surface area contributed by atoms with Crippen LogP contribution < -0.4 is 5.32 Å². The van der Waals surface area contributed by atoms with E-state index in [1.807, 2.05) is 0 Å². The maximum absolute atomic E-state index is 13.6. The zero-order valence-corrected chi connectivity index (χ0v) is 14.6. The van der Waals surface area contributed by atoms with Crippen LogP contribution in [0.3, 0.4) is 0 Å². The van der Waals surface area contributed by atoms with Crippen LogP contribution in [0.1, 0.15) is 35.7 Å². The Bertz CT molecular complexity index is 651. The van der Waals surface area contributed by atoms with E-state index in [1.54, 1.807) is 27.9 Å². The quantitative estimate of drug-likeness (QED) is 0.508. The fourth-order valence-corrected chi connectivity index (χ4v) is 2.90. The Kier molecular flexibility index (Phi) is 4.73. The molecule has 1 aromatic carbocycles. The van der Waals surface area contributed by atoms with Crippen molar-refractivity contribution in [2.24, 2.45) is 0 Å². The normalized spacial score (nSPS) is 15.9. The summed E-state index contributed by atoms with van der Waals surface area (Å²) in [6.07, 6.45) is 1.37. The predicted octanol–water partition coefficient (Wildman–Crippen LogP) is 2.32. The van der Waals surface area contributed by atoms with E-state index in [0.29, 0.717) is 18.4 Å². The lowest BCUT2D eigenvalue weighted by atomic mass is 10.1. The topological polar surface area (TPSA) is 55.4 Å². The van der Waals surface area contributed by atoms with Gasteiger partial charge in [0.05, 0.1) is 32.0 Å². The van der Waals surface area contributed by atoms with E-state index in [-0.39, 0.29) is 27.7 Å².